The number of anilines is 1. The number of rotatable bonds is 6. The Balaban J connectivity index is 2.09. The van der Waals surface area contributed by atoms with Crippen molar-refractivity contribution >= 4 is 17.3 Å². The molecule has 0 saturated heterocycles. The zero-order valence-corrected chi connectivity index (χ0v) is 12.5. The SMILES string of the molecule is COc1ccc(NC(O)CCl)cc1OC1CCCCC1. The van der Waals surface area contributed by atoms with Gasteiger partial charge in [-0.1, -0.05) is 6.42 Å². The summed E-state index contributed by atoms with van der Waals surface area (Å²) in [5, 5.41) is 12.4. The Labute approximate surface area is 125 Å². The highest BCUT2D eigenvalue weighted by atomic mass is 35.5. The first-order chi connectivity index (χ1) is 9.72. The lowest BCUT2D eigenvalue weighted by atomic mass is 9.98. The summed E-state index contributed by atoms with van der Waals surface area (Å²) >= 11 is 5.59. The topological polar surface area (TPSA) is 50.7 Å². The summed E-state index contributed by atoms with van der Waals surface area (Å²) in [7, 11) is 1.63. The quantitative estimate of drug-likeness (QED) is 0.624. The summed E-state index contributed by atoms with van der Waals surface area (Å²) in [6.45, 7) is 0. The molecule has 1 fully saturated rings. The summed E-state index contributed by atoms with van der Waals surface area (Å²) in [5.74, 6) is 1.55. The smallest absolute Gasteiger partial charge is 0.163 e. The van der Waals surface area contributed by atoms with Crippen molar-refractivity contribution in [3.63, 3.8) is 0 Å². The number of benzene rings is 1. The molecule has 0 spiro atoms. The molecule has 1 atom stereocenters. The maximum atomic E-state index is 9.54. The number of ether oxygens (including phenoxy) is 2. The number of aliphatic hydroxyl groups excluding tert-OH is 1. The van der Waals surface area contributed by atoms with Gasteiger partial charge in [0.2, 0.25) is 0 Å². The van der Waals surface area contributed by atoms with Crippen LogP contribution in [0.3, 0.4) is 0 Å². The highest BCUT2D eigenvalue weighted by molar-refractivity contribution is 6.18. The molecule has 1 aromatic carbocycles. The molecule has 0 bridgehead atoms. The van der Waals surface area contributed by atoms with Crippen molar-refractivity contribution in [1.82, 2.24) is 0 Å². The third-order valence-electron chi connectivity index (χ3n) is 3.49. The molecule has 0 heterocycles. The van der Waals surface area contributed by atoms with Crippen LogP contribution >= 0.6 is 11.6 Å². The van der Waals surface area contributed by atoms with Crippen LogP contribution in [0.25, 0.3) is 0 Å². The molecule has 112 valence electrons. The molecule has 0 aromatic heterocycles. The molecule has 0 amide bonds. The highest BCUT2D eigenvalue weighted by Gasteiger charge is 2.17. The van der Waals surface area contributed by atoms with Crippen molar-refractivity contribution in [1.29, 1.82) is 0 Å². The number of aliphatic hydroxyl groups is 1. The van der Waals surface area contributed by atoms with E-state index in [9.17, 15) is 5.11 Å². The number of hydrogen-bond donors (Lipinski definition) is 2. The van der Waals surface area contributed by atoms with Gasteiger partial charge >= 0.3 is 0 Å². The van der Waals surface area contributed by atoms with Crippen molar-refractivity contribution in [3.05, 3.63) is 18.2 Å². The van der Waals surface area contributed by atoms with Gasteiger partial charge in [0.25, 0.3) is 0 Å². The molecule has 1 aliphatic carbocycles. The summed E-state index contributed by atoms with van der Waals surface area (Å²) in [6.07, 6.45) is 5.39. The zero-order valence-electron chi connectivity index (χ0n) is 11.8. The van der Waals surface area contributed by atoms with Crippen LogP contribution in [0.15, 0.2) is 18.2 Å². The highest BCUT2D eigenvalue weighted by Crippen LogP contribution is 2.33. The third-order valence-corrected chi connectivity index (χ3v) is 3.78. The molecule has 0 radical (unpaired) electrons. The first kappa shape index (κ1) is 15.3. The standard InChI is InChI=1S/C15H22ClNO3/c1-19-13-8-7-11(17-15(18)10-16)9-14(13)20-12-5-3-2-4-6-12/h7-9,12,15,17-18H,2-6,10H2,1H3. The van der Waals surface area contributed by atoms with Crippen LogP contribution in [-0.2, 0) is 0 Å². The van der Waals surface area contributed by atoms with Gasteiger partial charge in [0.05, 0.1) is 19.1 Å². The van der Waals surface area contributed by atoms with E-state index in [-0.39, 0.29) is 12.0 Å². The maximum absolute atomic E-state index is 9.54. The van der Waals surface area contributed by atoms with Gasteiger partial charge < -0.3 is 19.9 Å². The van der Waals surface area contributed by atoms with Crippen molar-refractivity contribution in [2.24, 2.45) is 0 Å². The normalized spacial score (nSPS) is 17.6. The van der Waals surface area contributed by atoms with Crippen molar-refractivity contribution < 1.29 is 14.6 Å². The monoisotopic (exact) mass is 299 g/mol. The van der Waals surface area contributed by atoms with Gasteiger partial charge in [0.15, 0.2) is 11.5 Å². The second-order valence-corrected chi connectivity index (χ2v) is 5.37. The zero-order chi connectivity index (χ0) is 14.4. The molecule has 0 aliphatic heterocycles. The fraction of sp³-hybridized carbons (Fsp3) is 0.600. The lowest BCUT2D eigenvalue weighted by Crippen LogP contribution is -2.21. The molecule has 20 heavy (non-hydrogen) atoms. The van der Waals surface area contributed by atoms with Gasteiger partial charge in [0.1, 0.15) is 6.23 Å². The predicted octanol–water partition coefficient (Wildman–Crippen LogP) is 3.38. The Morgan fingerprint density at radius 1 is 1.30 bits per heavy atom. The number of nitrogens with one attached hydrogen (secondary N) is 1. The van der Waals surface area contributed by atoms with Gasteiger partial charge in [-0.3, -0.25) is 0 Å². The predicted molar refractivity (Wildman–Crippen MR) is 80.8 cm³/mol. The van der Waals surface area contributed by atoms with E-state index in [0.29, 0.717) is 11.5 Å². The second-order valence-electron chi connectivity index (χ2n) is 5.06. The van der Waals surface area contributed by atoms with Crippen LogP contribution < -0.4 is 14.8 Å². The van der Waals surface area contributed by atoms with E-state index in [1.54, 1.807) is 7.11 Å². The van der Waals surface area contributed by atoms with Gasteiger partial charge in [-0.15, -0.1) is 11.6 Å². The van der Waals surface area contributed by atoms with E-state index in [0.717, 1.165) is 18.5 Å². The summed E-state index contributed by atoms with van der Waals surface area (Å²) in [6, 6.07) is 5.52. The van der Waals surface area contributed by atoms with Crippen molar-refractivity contribution in [2.45, 2.75) is 44.4 Å². The largest absolute Gasteiger partial charge is 0.493 e. The molecule has 1 aromatic rings. The molecular weight excluding hydrogens is 278 g/mol. The molecular formula is C15H22ClNO3. The first-order valence-electron chi connectivity index (χ1n) is 7.08. The summed E-state index contributed by atoms with van der Waals surface area (Å²) in [4.78, 5) is 0. The van der Waals surface area contributed by atoms with Gasteiger partial charge in [-0.25, -0.2) is 0 Å². The minimum Gasteiger partial charge on any atom is -0.493 e. The van der Waals surface area contributed by atoms with Crippen LogP contribution in [0.4, 0.5) is 5.69 Å². The summed E-state index contributed by atoms with van der Waals surface area (Å²) < 4.78 is 11.4. The lowest BCUT2D eigenvalue weighted by molar-refractivity contribution is 0.149. The minimum absolute atomic E-state index is 0.130. The van der Waals surface area contributed by atoms with E-state index < -0.39 is 6.23 Å². The molecule has 5 heteroatoms. The molecule has 2 rings (SSSR count). The van der Waals surface area contributed by atoms with Gasteiger partial charge in [-0.05, 0) is 37.8 Å². The van der Waals surface area contributed by atoms with Gasteiger partial charge in [0, 0.05) is 11.8 Å². The van der Waals surface area contributed by atoms with Crippen molar-refractivity contribution in [3.8, 4) is 11.5 Å². The van der Waals surface area contributed by atoms with Crippen LogP contribution in [0, 0.1) is 0 Å². The molecule has 1 unspecified atom stereocenters. The lowest BCUT2D eigenvalue weighted by Gasteiger charge is -2.24. The van der Waals surface area contributed by atoms with Crippen LogP contribution in [0.2, 0.25) is 0 Å². The molecule has 2 N–H and O–H groups in total. The Bertz CT molecular complexity index is 422. The molecule has 1 aliphatic rings. The van der Waals surface area contributed by atoms with E-state index >= 15 is 0 Å². The Morgan fingerprint density at radius 2 is 2.05 bits per heavy atom. The van der Waals surface area contributed by atoms with Gasteiger partial charge in [-0.2, -0.15) is 0 Å². The van der Waals surface area contributed by atoms with E-state index in [2.05, 4.69) is 5.32 Å². The number of alkyl halides is 1. The fourth-order valence-corrected chi connectivity index (χ4v) is 2.53. The van der Waals surface area contributed by atoms with Crippen molar-refractivity contribution in [2.75, 3.05) is 18.3 Å². The first-order valence-corrected chi connectivity index (χ1v) is 7.61. The van der Waals surface area contributed by atoms with Crippen LogP contribution in [0.1, 0.15) is 32.1 Å². The number of halogens is 1. The average Bonchev–Trinajstić information content (AvgIpc) is 2.48. The Kier molecular flexibility index (Phi) is 5.80. The number of hydrogen-bond acceptors (Lipinski definition) is 4. The van der Waals surface area contributed by atoms with E-state index in [4.69, 9.17) is 21.1 Å². The maximum Gasteiger partial charge on any atom is 0.163 e. The third kappa shape index (κ3) is 4.18. The fourth-order valence-electron chi connectivity index (χ4n) is 2.45. The molecule has 1 saturated carbocycles. The van der Waals surface area contributed by atoms with E-state index in [1.807, 2.05) is 18.2 Å². The van der Waals surface area contributed by atoms with Crippen LogP contribution in [-0.4, -0.2) is 30.4 Å². The second kappa shape index (κ2) is 7.60. The Morgan fingerprint density at radius 3 is 2.70 bits per heavy atom. The minimum atomic E-state index is -0.771. The number of methoxy groups -OCH3 is 1. The van der Waals surface area contributed by atoms with E-state index in [1.165, 1.54) is 19.3 Å². The molecule has 4 nitrogen and oxygen atoms in total. The summed E-state index contributed by atoms with van der Waals surface area (Å²) in [5.41, 5.74) is 0.768. The van der Waals surface area contributed by atoms with Crippen LogP contribution in [0.5, 0.6) is 11.5 Å². The Hall–Kier alpha value is -1.13. The average molecular weight is 300 g/mol.